The summed E-state index contributed by atoms with van der Waals surface area (Å²) in [6.07, 6.45) is 0. The van der Waals surface area contributed by atoms with Gasteiger partial charge in [0.25, 0.3) is 5.69 Å². The number of benzene rings is 1. The van der Waals surface area contributed by atoms with Gasteiger partial charge in [-0.3, -0.25) is 14.9 Å². The van der Waals surface area contributed by atoms with Gasteiger partial charge >= 0.3 is 0 Å². The SMILES string of the molecule is CC(=O)c1ccc([N+](=O)[O-])c(Cl)c1C. The fourth-order valence-corrected chi connectivity index (χ4v) is 1.43. The zero-order chi connectivity index (χ0) is 10.9. The Hall–Kier alpha value is -1.42. The van der Waals surface area contributed by atoms with Crippen molar-refractivity contribution in [3.63, 3.8) is 0 Å². The van der Waals surface area contributed by atoms with Gasteiger partial charge in [-0.15, -0.1) is 0 Å². The fourth-order valence-electron chi connectivity index (χ4n) is 1.19. The van der Waals surface area contributed by atoms with Crippen LogP contribution in [-0.4, -0.2) is 10.7 Å². The molecule has 0 aliphatic heterocycles. The lowest BCUT2D eigenvalue weighted by atomic mass is 10.0. The van der Waals surface area contributed by atoms with Crippen LogP contribution >= 0.6 is 11.6 Å². The average Bonchev–Trinajstić information content (AvgIpc) is 2.08. The lowest BCUT2D eigenvalue weighted by Gasteiger charge is -2.03. The van der Waals surface area contributed by atoms with Crippen LogP contribution in [0.15, 0.2) is 12.1 Å². The largest absolute Gasteiger partial charge is 0.295 e. The smallest absolute Gasteiger partial charge is 0.288 e. The van der Waals surface area contributed by atoms with E-state index >= 15 is 0 Å². The Morgan fingerprint density at radius 2 is 2.07 bits per heavy atom. The minimum Gasteiger partial charge on any atom is -0.295 e. The molecule has 0 spiro atoms. The highest BCUT2D eigenvalue weighted by Crippen LogP contribution is 2.29. The Morgan fingerprint density at radius 1 is 1.50 bits per heavy atom. The zero-order valence-electron chi connectivity index (χ0n) is 7.70. The standard InChI is InChI=1S/C9H8ClNO3/c1-5-7(6(2)12)3-4-8(9(5)10)11(13)14/h3-4H,1-2H3. The predicted octanol–water partition coefficient (Wildman–Crippen LogP) is 2.76. The van der Waals surface area contributed by atoms with Gasteiger partial charge in [-0.25, -0.2) is 0 Å². The van der Waals surface area contributed by atoms with Crippen LogP contribution in [0.4, 0.5) is 5.69 Å². The summed E-state index contributed by atoms with van der Waals surface area (Å²) in [6.45, 7) is 2.98. The van der Waals surface area contributed by atoms with Gasteiger partial charge in [0.1, 0.15) is 5.02 Å². The van der Waals surface area contributed by atoms with E-state index in [1.54, 1.807) is 6.92 Å². The quantitative estimate of drug-likeness (QED) is 0.431. The first-order valence-corrected chi connectivity index (χ1v) is 4.27. The van der Waals surface area contributed by atoms with Crippen LogP contribution in [0.25, 0.3) is 0 Å². The van der Waals surface area contributed by atoms with Crippen LogP contribution in [0.5, 0.6) is 0 Å². The van der Waals surface area contributed by atoms with Crippen molar-refractivity contribution in [3.8, 4) is 0 Å². The Kier molecular flexibility index (Phi) is 2.86. The van der Waals surface area contributed by atoms with Crippen molar-refractivity contribution in [1.29, 1.82) is 0 Å². The normalized spacial score (nSPS) is 9.93. The number of nitrogens with zero attached hydrogens (tertiary/aromatic N) is 1. The minimum absolute atomic E-state index is 0.0303. The second-order valence-electron chi connectivity index (χ2n) is 2.88. The second kappa shape index (κ2) is 3.75. The van der Waals surface area contributed by atoms with Crippen LogP contribution in [0, 0.1) is 17.0 Å². The summed E-state index contributed by atoms with van der Waals surface area (Å²) in [7, 11) is 0. The lowest BCUT2D eigenvalue weighted by molar-refractivity contribution is -0.384. The van der Waals surface area contributed by atoms with E-state index in [-0.39, 0.29) is 16.5 Å². The number of nitro benzene ring substituents is 1. The van der Waals surface area contributed by atoms with Gasteiger partial charge in [0, 0.05) is 11.6 Å². The average molecular weight is 214 g/mol. The van der Waals surface area contributed by atoms with Gasteiger partial charge in [-0.2, -0.15) is 0 Å². The number of hydrogen-bond acceptors (Lipinski definition) is 3. The summed E-state index contributed by atoms with van der Waals surface area (Å²) in [5.41, 5.74) is 0.697. The van der Waals surface area contributed by atoms with Gasteiger partial charge in [0.15, 0.2) is 5.78 Å². The molecular formula is C9H8ClNO3. The van der Waals surface area contributed by atoms with E-state index in [0.29, 0.717) is 11.1 Å². The van der Waals surface area contributed by atoms with Crippen LogP contribution in [0.2, 0.25) is 5.02 Å². The predicted molar refractivity (Wildman–Crippen MR) is 52.8 cm³/mol. The van der Waals surface area contributed by atoms with Gasteiger partial charge < -0.3 is 0 Å². The number of Topliss-reactive ketones (excluding diaryl/α,β-unsaturated/α-hetero) is 1. The molecule has 0 heterocycles. The van der Waals surface area contributed by atoms with E-state index < -0.39 is 4.92 Å². The number of hydrogen-bond donors (Lipinski definition) is 0. The highest BCUT2D eigenvalue weighted by atomic mass is 35.5. The first-order valence-electron chi connectivity index (χ1n) is 3.89. The van der Waals surface area contributed by atoms with Gasteiger partial charge in [-0.1, -0.05) is 11.6 Å². The molecule has 0 fully saturated rings. The van der Waals surface area contributed by atoms with Crippen LogP contribution in [0.3, 0.4) is 0 Å². The monoisotopic (exact) mass is 213 g/mol. The number of carbonyl (C=O) groups is 1. The van der Waals surface area contributed by atoms with E-state index in [9.17, 15) is 14.9 Å². The Labute approximate surface area is 85.6 Å². The lowest BCUT2D eigenvalue weighted by Crippen LogP contribution is -1.99. The summed E-state index contributed by atoms with van der Waals surface area (Å²) in [5, 5.41) is 10.5. The van der Waals surface area contributed by atoms with Crippen molar-refractivity contribution in [2.24, 2.45) is 0 Å². The van der Waals surface area contributed by atoms with Crippen LogP contribution < -0.4 is 0 Å². The zero-order valence-corrected chi connectivity index (χ0v) is 8.46. The number of halogens is 1. The molecule has 5 heteroatoms. The maximum atomic E-state index is 11.1. The first-order chi connectivity index (χ1) is 6.45. The van der Waals surface area contributed by atoms with Crippen molar-refractivity contribution < 1.29 is 9.72 Å². The fraction of sp³-hybridized carbons (Fsp3) is 0.222. The van der Waals surface area contributed by atoms with Crippen LogP contribution in [0.1, 0.15) is 22.8 Å². The molecule has 0 radical (unpaired) electrons. The molecule has 1 aromatic carbocycles. The molecule has 0 N–H and O–H groups in total. The summed E-state index contributed by atoms with van der Waals surface area (Å²) in [4.78, 5) is 21.0. The summed E-state index contributed by atoms with van der Waals surface area (Å²) in [5.74, 6) is -0.153. The number of ketones is 1. The summed E-state index contributed by atoms with van der Waals surface area (Å²) < 4.78 is 0. The van der Waals surface area contributed by atoms with Crippen molar-refractivity contribution in [3.05, 3.63) is 38.4 Å². The van der Waals surface area contributed by atoms with E-state index in [2.05, 4.69) is 0 Å². The van der Waals surface area contributed by atoms with Gasteiger partial charge in [0.2, 0.25) is 0 Å². The molecule has 0 saturated carbocycles. The highest BCUT2D eigenvalue weighted by Gasteiger charge is 2.17. The van der Waals surface area contributed by atoms with E-state index in [0.717, 1.165) is 0 Å². The van der Waals surface area contributed by atoms with Gasteiger partial charge in [-0.05, 0) is 25.5 Å². The third kappa shape index (κ3) is 1.75. The molecule has 0 atom stereocenters. The van der Waals surface area contributed by atoms with Crippen LogP contribution in [-0.2, 0) is 0 Å². The number of nitro groups is 1. The third-order valence-corrected chi connectivity index (χ3v) is 2.42. The molecule has 0 saturated heterocycles. The highest BCUT2D eigenvalue weighted by molar-refractivity contribution is 6.34. The topological polar surface area (TPSA) is 60.2 Å². The first kappa shape index (κ1) is 10.7. The molecule has 0 aliphatic rings. The molecular weight excluding hydrogens is 206 g/mol. The molecule has 0 aliphatic carbocycles. The van der Waals surface area contributed by atoms with Crippen molar-refractivity contribution >= 4 is 23.1 Å². The Balaban J connectivity index is 3.41. The molecule has 0 bridgehead atoms. The molecule has 0 unspecified atom stereocenters. The Bertz CT molecular complexity index is 376. The van der Waals surface area contributed by atoms with Crippen molar-refractivity contribution in [2.45, 2.75) is 13.8 Å². The van der Waals surface area contributed by atoms with E-state index in [1.807, 2.05) is 0 Å². The summed E-state index contributed by atoms with van der Waals surface area (Å²) in [6, 6.07) is 2.66. The molecule has 14 heavy (non-hydrogen) atoms. The third-order valence-electron chi connectivity index (χ3n) is 1.94. The maximum Gasteiger partial charge on any atom is 0.288 e. The maximum absolute atomic E-state index is 11.1. The second-order valence-corrected chi connectivity index (χ2v) is 3.26. The minimum atomic E-state index is -0.570. The summed E-state index contributed by atoms with van der Waals surface area (Å²) >= 11 is 5.74. The Morgan fingerprint density at radius 3 is 2.50 bits per heavy atom. The van der Waals surface area contributed by atoms with Gasteiger partial charge in [0.05, 0.1) is 4.92 Å². The molecule has 74 valence electrons. The molecule has 0 amide bonds. The molecule has 1 rings (SSSR count). The molecule has 4 nitrogen and oxygen atoms in total. The van der Waals surface area contributed by atoms with E-state index in [1.165, 1.54) is 19.1 Å². The number of rotatable bonds is 2. The molecule has 1 aromatic rings. The van der Waals surface area contributed by atoms with Crippen molar-refractivity contribution in [1.82, 2.24) is 0 Å². The number of carbonyl (C=O) groups excluding carboxylic acids is 1. The van der Waals surface area contributed by atoms with Crippen molar-refractivity contribution in [2.75, 3.05) is 0 Å². The molecule has 0 aromatic heterocycles. The van der Waals surface area contributed by atoms with E-state index in [4.69, 9.17) is 11.6 Å².